The molecule has 13 heteroatoms. The van der Waals surface area contributed by atoms with Crippen molar-refractivity contribution in [1.29, 1.82) is 0 Å². The number of nitrogens with zero attached hydrogens (tertiary/aromatic N) is 3. The quantitative estimate of drug-likeness (QED) is 0.431. The second-order valence-electron chi connectivity index (χ2n) is 5.86. The summed E-state index contributed by atoms with van der Waals surface area (Å²) in [4.78, 5) is 22.4. The number of carbonyl (C=O) groups is 1. The summed E-state index contributed by atoms with van der Waals surface area (Å²) in [6, 6.07) is 3.61. The summed E-state index contributed by atoms with van der Waals surface area (Å²) in [5, 5.41) is 2.21. The van der Waals surface area contributed by atoms with Crippen molar-refractivity contribution in [3.8, 4) is 11.3 Å². The maximum Gasteiger partial charge on any atom is 0.435 e. The molecule has 0 aromatic carbocycles. The van der Waals surface area contributed by atoms with Gasteiger partial charge in [0.2, 0.25) is 0 Å². The number of carbonyl (C=O) groups excluding carboxylic acids is 1. The van der Waals surface area contributed by atoms with Crippen LogP contribution in [0.2, 0.25) is 0 Å². The van der Waals surface area contributed by atoms with Crippen molar-refractivity contribution < 1.29 is 40.3 Å². The summed E-state index contributed by atoms with van der Waals surface area (Å²) in [5.41, 5.74) is -4.03. The molecule has 0 atom stereocenters. The van der Waals surface area contributed by atoms with Crippen molar-refractivity contribution in [2.75, 3.05) is 11.9 Å². The van der Waals surface area contributed by atoms with Gasteiger partial charge in [0, 0.05) is 6.20 Å². The number of esters is 1. The molecule has 31 heavy (non-hydrogen) atoms. The monoisotopic (exact) mass is 446 g/mol. The highest BCUT2D eigenvalue weighted by atomic mass is 19.4. The molecule has 0 saturated carbocycles. The average Bonchev–Trinajstić information content (AvgIpc) is 3.17. The Bertz CT molecular complexity index is 1090. The second kappa shape index (κ2) is 8.24. The number of rotatable bonds is 5. The third kappa shape index (κ3) is 4.75. The van der Waals surface area contributed by atoms with Crippen LogP contribution in [0, 0.1) is 0 Å². The van der Waals surface area contributed by atoms with Crippen LogP contribution in [0.5, 0.6) is 0 Å². The van der Waals surface area contributed by atoms with Gasteiger partial charge in [0.05, 0.1) is 17.9 Å². The third-order valence-electron chi connectivity index (χ3n) is 3.80. The second-order valence-corrected chi connectivity index (χ2v) is 5.86. The number of halogens is 6. The van der Waals surface area contributed by atoms with Gasteiger partial charge in [-0.2, -0.15) is 26.3 Å². The molecule has 3 heterocycles. The highest BCUT2D eigenvalue weighted by Crippen LogP contribution is 2.38. The molecule has 0 aliphatic rings. The molecule has 1 N–H and O–H groups in total. The number of nitrogens with one attached hydrogen (secondary N) is 1. The van der Waals surface area contributed by atoms with E-state index >= 15 is 0 Å². The van der Waals surface area contributed by atoms with Crippen molar-refractivity contribution in [3.63, 3.8) is 0 Å². The third-order valence-corrected chi connectivity index (χ3v) is 3.80. The van der Waals surface area contributed by atoms with Crippen molar-refractivity contribution in [1.82, 2.24) is 15.0 Å². The zero-order valence-corrected chi connectivity index (χ0v) is 15.5. The maximum absolute atomic E-state index is 13.3. The van der Waals surface area contributed by atoms with Crippen LogP contribution >= 0.6 is 0 Å². The zero-order valence-electron chi connectivity index (χ0n) is 15.5. The summed E-state index contributed by atoms with van der Waals surface area (Å²) in [5.74, 6) is -1.93. The highest BCUT2D eigenvalue weighted by Gasteiger charge is 2.37. The van der Waals surface area contributed by atoms with E-state index in [4.69, 9.17) is 9.15 Å². The van der Waals surface area contributed by atoms with Crippen LogP contribution in [-0.4, -0.2) is 27.5 Å². The van der Waals surface area contributed by atoms with E-state index in [1.54, 1.807) is 0 Å². The van der Waals surface area contributed by atoms with Gasteiger partial charge >= 0.3 is 18.3 Å². The molecule has 164 valence electrons. The lowest BCUT2D eigenvalue weighted by atomic mass is 10.1. The van der Waals surface area contributed by atoms with Gasteiger partial charge in [-0.3, -0.25) is 0 Å². The molecular formula is C18H12F6N4O3. The predicted octanol–water partition coefficient (Wildman–Crippen LogP) is 5.09. The Kier molecular flexibility index (Phi) is 5.86. The standard InChI is InChI=1S/C18H12F6N4O3/c1-2-30-16(29)12-13(31-8-26-12)9-5-6-11(17(19,20)21)28-15(9)27-10-4-3-7-25-14(10)18(22,23)24/h3-8H,2H2,1H3,(H,27,28). The molecule has 0 aliphatic carbocycles. The first-order chi connectivity index (χ1) is 14.5. The van der Waals surface area contributed by atoms with E-state index in [2.05, 4.69) is 20.3 Å². The van der Waals surface area contributed by atoms with E-state index in [-0.39, 0.29) is 23.6 Å². The van der Waals surface area contributed by atoms with E-state index in [0.717, 1.165) is 30.8 Å². The molecule has 0 saturated heterocycles. The number of aromatic nitrogens is 3. The average molecular weight is 446 g/mol. The fraction of sp³-hybridized carbons (Fsp3) is 0.222. The smallest absolute Gasteiger partial charge is 0.435 e. The van der Waals surface area contributed by atoms with Gasteiger partial charge in [-0.15, -0.1) is 0 Å². The van der Waals surface area contributed by atoms with Crippen LogP contribution in [0.4, 0.5) is 37.8 Å². The summed E-state index contributed by atoms with van der Waals surface area (Å²) < 4.78 is 89.2. The maximum atomic E-state index is 13.3. The first-order valence-corrected chi connectivity index (χ1v) is 8.50. The van der Waals surface area contributed by atoms with Gasteiger partial charge in [0.15, 0.2) is 23.5 Å². The summed E-state index contributed by atoms with van der Waals surface area (Å²) in [6.07, 6.45) is -8.06. The van der Waals surface area contributed by atoms with Gasteiger partial charge in [-0.05, 0) is 31.2 Å². The molecule has 3 aromatic rings. The fourth-order valence-corrected chi connectivity index (χ4v) is 2.54. The minimum atomic E-state index is -4.90. The fourth-order valence-electron chi connectivity index (χ4n) is 2.54. The zero-order chi connectivity index (χ0) is 22.8. The predicted molar refractivity (Wildman–Crippen MR) is 93.2 cm³/mol. The van der Waals surface area contributed by atoms with E-state index in [9.17, 15) is 31.1 Å². The number of hydrogen-bond acceptors (Lipinski definition) is 7. The lowest BCUT2D eigenvalue weighted by molar-refractivity contribution is -0.141. The number of ether oxygens (including phenoxy) is 1. The van der Waals surface area contributed by atoms with Crippen molar-refractivity contribution in [3.05, 3.63) is 53.9 Å². The first-order valence-electron chi connectivity index (χ1n) is 8.50. The molecule has 0 amide bonds. The minimum Gasteiger partial charge on any atom is -0.461 e. The van der Waals surface area contributed by atoms with E-state index < -0.39 is 41.2 Å². The number of pyridine rings is 2. The van der Waals surface area contributed by atoms with Crippen molar-refractivity contribution in [2.45, 2.75) is 19.3 Å². The molecule has 0 bridgehead atoms. The van der Waals surface area contributed by atoms with Crippen molar-refractivity contribution in [2.24, 2.45) is 0 Å². The molecule has 0 radical (unpaired) electrons. The van der Waals surface area contributed by atoms with E-state index in [1.165, 1.54) is 6.92 Å². The van der Waals surface area contributed by atoms with E-state index in [0.29, 0.717) is 6.07 Å². The lowest BCUT2D eigenvalue weighted by Crippen LogP contribution is -2.14. The molecule has 0 unspecified atom stereocenters. The number of anilines is 2. The number of oxazole rings is 1. The molecule has 3 aromatic heterocycles. The van der Waals surface area contributed by atoms with Gasteiger partial charge in [-0.1, -0.05) is 0 Å². The molecule has 0 aliphatic heterocycles. The largest absolute Gasteiger partial charge is 0.461 e. The Morgan fingerprint density at radius 2 is 1.84 bits per heavy atom. The summed E-state index contributed by atoms with van der Waals surface area (Å²) >= 11 is 0. The van der Waals surface area contributed by atoms with Crippen LogP contribution in [0.1, 0.15) is 28.8 Å². The number of alkyl halides is 6. The van der Waals surface area contributed by atoms with Crippen LogP contribution in [0.15, 0.2) is 41.3 Å². The normalized spacial score (nSPS) is 12.0. The highest BCUT2D eigenvalue weighted by molar-refractivity contribution is 5.95. The first kappa shape index (κ1) is 22.1. The van der Waals surface area contributed by atoms with Gasteiger partial charge in [-0.25, -0.2) is 19.7 Å². The Labute approximate surface area is 170 Å². The lowest BCUT2D eigenvalue weighted by Gasteiger charge is -2.16. The summed E-state index contributed by atoms with van der Waals surface area (Å²) in [6.45, 7) is 1.50. The SMILES string of the molecule is CCOC(=O)c1ncoc1-c1ccc(C(F)(F)F)nc1Nc1cccnc1C(F)(F)F. The number of hydrogen-bond donors (Lipinski definition) is 1. The minimum absolute atomic E-state index is 0.0217. The Balaban J connectivity index is 2.16. The van der Waals surface area contributed by atoms with Crippen molar-refractivity contribution >= 4 is 17.5 Å². The van der Waals surface area contributed by atoms with Gasteiger partial charge < -0.3 is 14.5 Å². The van der Waals surface area contributed by atoms with Crippen LogP contribution < -0.4 is 5.32 Å². The molecule has 3 rings (SSSR count). The molecular weight excluding hydrogens is 434 g/mol. The Morgan fingerprint density at radius 3 is 2.48 bits per heavy atom. The molecule has 7 nitrogen and oxygen atoms in total. The van der Waals surface area contributed by atoms with Crippen LogP contribution in [0.3, 0.4) is 0 Å². The molecule has 0 fully saturated rings. The summed E-state index contributed by atoms with van der Waals surface area (Å²) in [7, 11) is 0. The van der Waals surface area contributed by atoms with Gasteiger partial charge in [0.25, 0.3) is 0 Å². The topological polar surface area (TPSA) is 90.1 Å². The van der Waals surface area contributed by atoms with Gasteiger partial charge in [0.1, 0.15) is 11.5 Å². The van der Waals surface area contributed by atoms with Crippen LogP contribution in [0.25, 0.3) is 11.3 Å². The van der Waals surface area contributed by atoms with E-state index in [1.807, 2.05) is 0 Å². The Hall–Kier alpha value is -3.64. The molecule has 0 spiro atoms. The Morgan fingerprint density at radius 1 is 1.10 bits per heavy atom. The van der Waals surface area contributed by atoms with Crippen LogP contribution in [-0.2, 0) is 17.1 Å².